The molecule has 0 amide bonds. The smallest absolute Gasteiger partial charge is 0.193 e. The van der Waals surface area contributed by atoms with Crippen molar-refractivity contribution in [2.75, 3.05) is 7.05 Å². The molecule has 19 heavy (non-hydrogen) atoms. The van der Waals surface area contributed by atoms with Crippen LogP contribution in [0.25, 0.3) is 0 Å². The number of aromatic nitrogens is 2. The fourth-order valence-electron chi connectivity index (χ4n) is 2.10. The second-order valence-electron chi connectivity index (χ2n) is 4.37. The molecule has 6 heteroatoms. The van der Waals surface area contributed by atoms with Gasteiger partial charge in [0.1, 0.15) is 5.76 Å². The van der Waals surface area contributed by atoms with E-state index in [0.29, 0.717) is 5.22 Å². The standard InChI is InChI=1S/C13H17BrClN3O/c1-4-8-13(14)10(18(3)17-8)7-9(16-2)11-5-6-12(15)19-11/h5-6,9,16H,4,7H2,1-3H3. The van der Waals surface area contributed by atoms with Gasteiger partial charge in [0.2, 0.25) is 0 Å². The van der Waals surface area contributed by atoms with E-state index in [1.54, 1.807) is 6.07 Å². The van der Waals surface area contributed by atoms with Gasteiger partial charge in [-0.3, -0.25) is 4.68 Å². The zero-order chi connectivity index (χ0) is 14.0. The second kappa shape index (κ2) is 6.11. The first-order valence-electron chi connectivity index (χ1n) is 6.19. The van der Waals surface area contributed by atoms with Gasteiger partial charge in [0.25, 0.3) is 0 Å². The number of hydrogen-bond donors (Lipinski definition) is 1. The summed E-state index contributed by atoms with van der Waals surface area (Å²) < 4.78 is 8.47. The van der Waals surface area contributed by atoms with Crippen LogP contribution in [-0.4, -0.2) is 16.8 Å². The number of nitrogens with zero attached hydrogens (tertiary/aromatic N) is 2. The van der Waals surface area contributed by atoms with Gasteiger partial charge in [-0.1, -0.05) is 6.92 Å². The topological polar surface area (TPSA) is 43.0 Å². The molecule has 0 aliphatic heterocycles. The quantitative estimate of drug-likeness (QED) is 0.901. The monoisotopic (exact) mass is 345 g/mol. The number of aryl methyl sites for hydroxylation is 2. The lowest BCUT2D eigenvalue weighted by molar-refractivity contribution is 0.424. The van der Waals surface area contributed by atoms with Crippen LogP contribution in [0.4, 0.5) is 0 Å². The Bertz CT molecular complexity index is 564. The average molecular weight is 347 g/mol. The van der Waals surface area contributed by atoms with Gasteiger partial charge in [-0.15, -0.1) is 0 Å². The molecule has 2 aromatic rings. The van der Waals surface area contributed by atoms with Gasteiger partial charge in [0.05, 0.1) is 21.9 Å². The van der Waals surface area contributed by atoms with E-state index in [1.165, 1.54) is 0 Å². The Labute approximate surface area is 126 Å². The van der Waals surface area contributed by atoms with E-state index in [9.17, 15) is 0 Å². The maximum absolute atomic E-state index is 5.83. The molecular formula is C13H17BrClN3O. The van der Waals surface area contributed by atoms with Crippen molar-refractivity contribution in [3.63, 3.8) is 0 Å². The molecule has 0 spiro atoms. The van der Waals surface area contributed by atoms with Crippen molar-refractivity contribution in [2.24, 2.45) is 7.05 Å². The van der Waals surface area contributed by atoms with Crippen LogP contribution in [0.3, 0.4) is 0 Å². The number of likely N-dealkylation sites (N-methyl/N-ethyl adjacent to an activating group) is 1. The van der Waals surface area contributed by atoms with E-state index in [-0.39, 0.29) is 6.04 Å². The molecule has 2 heterocycles. The summed E-state index contributed by atoms with van der Waals surface area (Å²) in [6.45, 7) is 2.10. The fourth-order valence-corrected chi connectivity index (χ4v) is 3.03. The fraction of sp³-hybridized carbons (Fsp3) is 0.462. The highest BCUT2D eigenvalue weighted by molar-refractivity contribution is 9.10. The van der Waals surface area contributed by atoms with Gasteiger partial charge in [0.15, 0.2) is 5.22 Å². The van der Waals surface area contributed by atoms with Crippen molar-refractivity contribution < 1.29 is 4.42 Å². The first-order valence-corrected chi connectivity index (χ1v) is 7.36. The van der Waals surface area contributed by atoms with Gasteiger partial charge < -0.3 is 9.73 Å². The Morgan fingerprint density at radius 3 is 2.74 bits per heavy atom. The number of rotatable bonds is 5. The van der Waals surface area contributed by atoms with E-state index in [4.69, 9.17) is 16.0 Å². The third kappa shape index (κ3) is 3.04. The van der Waals surface area contributed by atoms with E-state index in [2.05, 4.69) is 33.3 Å². The Kier molecular flexibility index (Phi) is 4.71. The Morgan fingerprint density at radius 1 is 1.53 bits per heavy atom. The molecule has 0 bridgehead atoms. The Hall–Kier alpha value is -0.780. The number of hydrogen-bond acceptors (Lipinski definition) is 3. The summed E-state index contributed by atoms with van der Waals surface area (Å²) in [6.07, 6.45) is 1.69. The van der Waals surface area contributed by atoms with E-state index in [0.717, 1.165) is 34.5 Å². The van der Waals surface area contributed by atoms with Crippen LogP contribution in [0.2, 0.25) is 5.22 Å². The SMILES string of the molecule is CCc1nn(C)c(CC(NC)c2ccc(Cl)o2)c1Br. The summed E-state index contributed by atoms with van der Waals surface area (Å²) in [5.74, 6) is 0.832. The lowest BCUT2D eigenvalue weighted by Crippen LogP contribution is -2.19. The van der Waals surface area contributed by atoms with Gasteiger partial charge in [-0.2, -0.15) is 5.10 Å². The maximum atomic E-state index is 5.83. The van der Waals surface area contributed by atoms with Crippen molar-refractivity contribution in [2.45, 2.75) is 25.8 Å². The lowest BCUT2D eigenvalue weighted by atomic mass is 10.1. The summed E-state index contributed by atoms with van der Waals surface area (Å²) in [6, 6.07) is 3.73. The molecule has 0 aromatic carbocycles. The van der Waals surface area contributed by atoms with Gasteiger partial charge in [0, 0.05) is 13.5 Å². The molecule has 0 aliphatic carbocycles. The molecule has 0 radical (unpaired) electrons. The van der Waals surface area contributed by atoms with Gasteiger partial charge in [-0.25, -0.2) is 0 Å². The van der Waals surface area contributed by atoms with Crippen LogP contribution in [0, 0.1) is 0 Å². The molecule has 0 saturated carbocycles. The molecular weight excluding hydrogens is 330 g/mol. The van der Waals surface area contributed by atoms with Crippen molar-refractivity contribution in [1.29, 1.82) is 0 Å². The molecule has 0 aliphatic rings. The minimum Gasteiger partial charge on any atom is -0.448 e. The van der Waals surface area contributed by atoms with Gasteiger partial charge >= 0.3 is 0 Å². The van der Waals surface area contributed by atoms with Crippen LogP contribution in [0.5, 0.6) is 0 Å². The van der Waals surface area contributed by atoms with Gasteiger partial charge in [-0.05, 0) is 53.1 Å². The third-order valence-electron chi connectivity index (χ3n) is 3.19. The van der Waals surface area contributed by atoms with E-state index in [1.807, 2.05) is 24.8 Å². The summed E-state index contributed by atoms with van der Waals surface area (Å²) in [4.78, 5) is 0. The molecule has 104 valence electrons. The van der Waals surface area contributed by atoms with Crippen molar-refractivity contribution in [1.82, 2.24) is 15.1 Å². The molecule has 1 unspecified atom stereocenters. The zero-order valence-corrected chi connectivity index (χ0v) is 13.5. The van der Waals surface area contributed by atoms with Crippen LogP contribution >= 0.6 is 27.5 Å². The highest BCUT2D eigenvalue weighted by Gasteiger charge is 2.20. The van der Waals surface area contributed by atoms with Crippen molar-refractivity contribution in [3.05, 3.63) is 39.0 Å². The first-order chi connectivity index (χ1) is 9.06. The van der Waals surface area contributed by atoms with Crippen molar-refractivity contribution >= 4 is 27.5 Å². The number of furan rings is 1. The van der Waals surface area contributed by atoms with Crippen molar-refractivity contribution in [3.8, 4) is 0 Å². The molecule has 2 aromatic heterocycles. The van der Waals surface area contributed by atoms with E-state index >= 15 is 0 Å². The predicted molar refractivity (Wildman–Crippen MR) is 79.5 cm³/mol. The Balaban J connectivity index is 2.26. The summed E-state index contributed by atoms with van der Waals surface area (Å²) in [5.41, 5.74) is 2.22. The van der Waals surface area contributed by atoms with E-state index < -0.39 is 0 Å². The van der Waals surface area contributed by atoms with Crippen LogP contribution < -0.4 is 5.32 Å². The summed E-state index contributed by atoms with van der Waals surface area (Å²) in [5, 5.41) is 8.16. The van der Waals surface area contributed by atoms with Crippen LogP contribution in [0.15, 0.2) is 21.0 Å². The average Bonchev–Trinajstić information content (AvgIpc) is 2.92. The van der Waals surface area contributed by atoms with Crippen LogP contribution in [-0.2, 0) is 19.9 Å². The highest BCUT2D eigenvalue weighted by Crippen LogP contribution is 2.28. The zero-order valence-electron chi connectivity index (χ0n) is 11.2. The second-order valence-corrected chi connectivity index (χ2v) is 5.54. The number of halogens is 2. The lowest BCUT2D eigenvalue weighted by Gasteiger charge is -2.14. The predicted octanol–water partition coefficient (Wildman–Crippen LogP) is 3.49. The normalized spacial score (nSPS) is 12.9. The summed E-state index contributed by atoms with van der Waals surface area (Å²) in [7, 11) is 3.87. The molecule has 0 fully saturated rings. The van der Waals surface area contributed by atoms with Crippen LogP contribution in [0.1, 0.15) is 30.1 Å². The Morgan fingerprint density at radius 2 is 2.26 bits per heavy atom. The summed E-state index contributed by atoms with van der Waals surface area (Å²) >= 11 is 9.46. The minimum absolute atomic E-state index is 0.0731. The minimum atomic E-state index is 0.0731. The maximum Gasteiger partial charge on any atom is 0.193 e. The molecule has 1 N–H and O–H groups in total. The molecule has 0 saturated heterocycles. The molecule has 4 nitrogen and oxygen atoms in total. The molecule has 2 rings (SSSR count). The first kappa shape index (κ1) is 14.6. The third-order valence-corrected chi connectivity index (χ3v) is 4.30. The largest absolute Gasteiger partial charge is 0.448 e. The number of nitrogens with one attached hydrogen (secondary N) is 1. The highest BCUT2D eigenvalue weighted by atomic mass is 79.9. The molecule has 1 atom stereocenters.